The van der Waals surface area contributed by atoms with Gasteiger partial charge in [0.15, 0.2) is 5.75 Å². The highest BCUT2D eigenvalue weighted by molar-refractivity contribution is 6.02. The summed E-state index contributed by atoms with van der Waals surface area (Å²) in [7, 11) is 0. The van der Waals surface area contributed by atoms with Crippen molar-refractivity contribution in [3.8, 4) is 11.5 Å². The number of hydrogen-bond donors (Lipinski definition) is 4. The third-order valence-electron chi connectivity index (χ3n) is 3.90. The highest BCUT2D eigenvalue weighted by Crippen LogP contribution is 2.26. The molecule has 0 spiro atoms. The molecule has 0 saturated carbocycles. The normalized spacial score (nSPS) is 12.0. The summed E-state index contributed by atoms with van der Waals surface area (Å²) < 4.78 is 0. The second-order valence-electron chi connectivity index (χ2n) is 5.77. The van der Waals surface area contributed by atoms with Crippen molar-refractivity contribution in [1.29, 1.82) is 0 Å². The van der Waals surface area contributed by atoms with Gasteiger partial charge in [-0.1, -0.05) is 24.3 Å². The van der Waals surface area contributed by atoms with Crippen molar-refractivity contribution >= 4 is 16.8 Å². The number of phenolic OH excluding ortho intramolecular Hbond substituents is 2. The molecule has 0 aliphatic heterocycles. The molecule has 1 atom stereocenters. The molecule has 0 unspecified atom stereocenters. The van der Waals surface area contributed by atoms with E-state index in [9.17, 15) is 20.1 Å². The number of nitrogens with zero attached hydrogens (tertiary/aromatic N) is 1. The molecule has 0 bridgehead atoms. The van der Waals surface area contributed by atoms with E-state index < -0.39 is 12.0 Å². The molecule has 2 aromatic carbocycles. The second-order valence-corrected chi connectivity index (χ2v) is 5.77. The Bertz CT molecular complexity index is 894. The number of rotatable bonds is 5. The molecule has 0 fully saturated rings. The average molecular weight is 338 g/mol. The van der Waals surface area contributed by atoms with Crippen LogP contribution in [0.1, 0.15) is 15.9 Å². The van der Waals surface area contributed by atoms with Gasteiger partial charge in [-0.15, -0.1) is 0 Å². The van der Waals surface area contributed by atoms with Crippen molar-refractivity contribution in [3.05, 3.63) is 65.9 Å². The van der Waals surface area contributed by atoms with E-state index in [1.165, 1.54) is 6.07 Å². The van der Waals surface area contributed by atoms with Gasteiger partial charge in [0.25, 0.3) is 5.91 Å². The molecule has 0 radical (unpaired) electrons. The SMILES string of the molecule is O=C(NC[C@@H](O)Cc1ccc(O)cc1)c1ccc2cccnc2c1O. The molecule has 0 aliphatic rings. The molecule has 25 heavy (non-hydrogen) atoms. The molecule has 0 saturated heterocycles. The van der Waals surface area contributed by atoms with E-state index in [0.29, 0.717) is 11.9 Å². The first-order valence-electron chi connectivity index (χ1n) is 7.85. The molecule has 4 N–H and O–H groups in total. The number of phenols is 2. The van der Waals surface area contributed by atoms with Crippen LogP contribution in [-0.2, 0) is 6.42 Å². The molecule has 128 valence electrons. The lowest BCUT2D eigenvalue weighted by Crippen LogP contribution is -2.33. The molecule has 6 nitrogen and oxygen atoms in total. The number of aromatic hydroxyl groups is 2. The zero-order chi connectivity index (χ0) is 17.8. The van der Waals surface area contributed by atoms with E-state index >= 15 is 0 Å². The number of carbonyl (C=O) groups is 1. The zero-order valence-corrected chi connectivity index (χ0v) is 13.4. The number of pyridine rings is 1. The smallest absolute Gasteiger partial charge is 0.255 e. The van der Waals surface area contributed by atoms with Crippen LogP contribution in [0.5, 0.6) is 11.5 Å². The third kappa shape index (κ3) is 3.87. The summed E-state index contributed by atoms with van der Waals surface area (Å²) in [6.45, 7) is 0.0411. The summed E-state index contributed by atoms with van der Waals surface area (Å²) in [5.74, 6) is -0.495. The van der Waals surface area contributed by atoms with Crippen LogP contribution in [0.4, 0.5) is 0 Å². The van der Waals surface area contributed by atoms with Crippen molar-refractivity contribution in [2.24, 2.45) is 0 Å². The van der Waals surface area contributed by atoms with Crippen molar-refractivity contribution in [3.63, 3.8) is 0 Å². The van der Waals surface area contributed by atoms with Crippen molar-refractivity contribution in [2.45, 2.75) is 12.5 Å². The molecule has 1 amide bonds. The zero-order valence-electron chi connectivity index (χ0n) is 13.4. The quantitative estimate of drug-likeness (QED) is 0.570. The van der Waals surface area contributed by atoms with E-state index in [1.54, 1.807) is 48.7 Å². The van der Waals surface area contributed by atoms with E-state index in [1.807, 2.05) is 0 Å². The summed E-state index contributed by atoms with van der Waals surface area (Å²) in [6.07, 6.45) is 1.10. The fourth-order valence-corrected chi connectivity index (χ4v) is 2.59. The van der Waals surface area contributed by atoms with Crippen LogP contribution in [0, 0.1) is 0 Å². The van der Waals surface area contributed by atoms with Gasteiger partial charge in [-0.25, -0.2) is 0 Å². The van der Waals surface area contributed by atoms with Gasteiger partial charge in [0.1, 0.15) is 11.3 Å². The maximum absolute atomic E-state index is 12.3. The van der Waals surface area contributed by atoms with Gasteiger partial charge in [-0.2, -0.15) is 0 Å². The van der Waals surface area contributed by atoms with Crippen LogP contribution in [0.2, 0.25) is 0 Å². The first-order chi connectivity index (χ1) is 12.0. The minimum Gasteiger partial charge on any atom is -0.508 e. The van der Waals surface area contributed by atoms with E-state index in [-0.39, 0.29) is 23.6 Å². The lowest BCUT2D eigenvalue weighted by Gasteiger charge is -2.13. The number of nitrogens with one attached hydrogen (secondary N) is 1. The molecule has 0 aliphatic carbocycles. The number of carbonyl (C=O) groups excluding carboxylic acids is 1. The summed E-state index contributed by atoms with van der Waals surface area (Å²) in [4.78, 5) is 16.3. The Morgan fingerprint density at radius 3 is 2.60 bits per heavy atom. The predicted molar refractivity (Wildman–Crippen MR) is 93.6 cm³/mol. The summed E-state index contributed by atoms with van der Waals surface area (Å²) in [5, 5.41) is 32.9. The number of aliphatic hydroxyl groups excluding tert-OH is 1. The number of aromatic nitrogens is 1. The van der Waals surface area contributed by atoms with Gasteiger partial charge >= 0.3 is 0 Å². The van der Waals surface area contributed by atoms with Gasteiger partial charge in [0.05, 0.1) is 11.7 Å². The molecule has 1 aromatic heterocycles. The first kappa shape index (κ1) is 16.7. The van der Waals surface area contributed by atoms with Crippen LogP contribution in [0.25, 0.3) is 10.9 Å². The fourth-order valence-electron chi connectivity index (χ4n) is 2.59. The Kier molecular flexibility index (Phi) is 4.81. The van der Waals surface area contributed by atoms with E-state index in [0.717, 1.165) is 10.9 Å². The Morgan fingerprint density at radius 1 is 1.08 bits per heavy atom. The van der Waals surface area contributed by atoms with Crippen molar-refractivity contribution in [1.82, 2.24) is 10.3 Å². The minimum atomic E-state index is -0.783. The monoisotopic (exact) mass is 338 g/mol. The lowest BCUT2D eigenvalue weighted by molar-refractivity contribution is 0.0913. The maximum atomic E-state index is 12.3. The summed E-state index contributed by atoms with van der Waals surface area (Å²) in [5.41, 5.74) is 1.32. The molecule has 6 heteroatoms. The Morgan fingerprint density at radius 2 is 1.84 bits per heavy atom. The number of hydrogen-bond acceptors (Lipinski definition) is 5. The van der Waals surface area contributed by atoms with Gasteiger partial charge < -0.3 is 20.6 Å². The first-order valence-corrected chi connectivity index (χ1v) is 7.85. The van der Waals surface area contributed by atoms with Crippen LogP contribution in [0.15, 0.2) is 54.7 Å². The highest BCUT2D eigenvalue weighted by atomic mass is 16.3. The van der Waals surface area contributed by atoms with Gasteiger partial charge in [-0.05, 0) is 29.8 Å². The highest BCUT2D eigenvalue weighted by Gasteiger charge is 2.15. The van der Waals surface area contributed by atoms with Crippen molar-refractivity contribution in [2.75, 3.05) is 6.54 Å². The maximum Gasteiger partial charge on any atom is 0.255 e. The summed E-state index contributed by atoms with van der Waals surface area (Å²) in [6, 6.07) is 13.3. The van der Waals surface area contributed by atoms with Crippen LogP contribution in [-0.4, -0.2) is 38.9 Å². The Balaban J connectivity index is 1.64. The minimum absolute atomic E-state index is 0.0411. The number of aliphatic hydroxyl groups is 1. The van der Waals surface area contributed by atoms with Crippen LogP contribution < -0.4 is 5.32 Å². The van der Waals surface area contributed by atoms with E-state index in [4.69, 9.17) is 0 Å². The van der Waals surface area contributed by atoms with E-state index in [2.05, 4.69) is 10.3 Å². The average Bonchev–Trinajstić information content (AvgIpc) is 2.62. The topological polar surface area (TPSA) is 103 Å². The third-order valence-corrected chi connectivity index (χ3v) is 3.90. The van der Waals surface area contributed by atoms with Crippen LogP contribution >= 0.6 is 0 Å². The largest absolute Gasteiger partial charge is 0.508 e. The Hall–Kier alpha value is -3.12. The number of amides is 1. The molecule has 3 rings (SSSR count). The lowest BCUT2D eigenvalue weighted by atomic mass is 10.1. The number of benzene rings is 2. The standard InChI is InChI=1S/C19H18N2O4/c22-14-6-3-12(4-7-14)10-15(23)11-21-19(25)16-8-5-13-2-1-9-20-17(13)18(16)24/h1-9,15,22-24H,10-11H2,(H,21,25)/t15-/m0/s1. The van der Waals surface area contributed by atoms with Crippen LogP contribution in [0.3, 0.4) is 0 Å². The fraction of sp³-hybridized carbons (Fsp3) is 0.158. The summed E-state index contributed by atoms with van der Waals surface area (Å²) >= 11 is 0. The molecule has 1 heterocycles. The van der Waals surface area contributed by atoms with Gasteiger partial charge in [0, 0.05) is 24.5 Å². The second kappa shape index (κ2) is 7.19. The molecular weight excluding hydrogens is 320 g/mol. The molecular formula is C19H18N2O4. The number of fused-ring (bicyclic) bond motifs is 1. The molecule has 3 aromatic rings. The van der Waals surface area contributed by atoms with Gasteiger partial charge in [0.2, 0.25) is 0 Å². The Labute approximate surface area is 144 Å². The van der Waals surface area contributed by atoms with Crippen molar-refractivity contribution < 1.29 is 20.1 Å². The van der Waals surface area contributed by atoms with Gasteiger partial charge in [-0.3, -0.25) is 9.78 Å². The predicted octanol–water partition coefficient (Wildman–Crippen LogP) is 1.98.